The SMILES string of the molecule is Cc1cc(C)cc(NC(=O)[C@H]2CCCN(c3ncnc4oc(C)c(C)c34)C2)c1. The lowest BCUT2D eigenvalue weighted by atomic mass is 9.96. The number of carbonyl (C=O) groups excluding carboxylic acids is 1. The van der Waals surface area contributed by atoms with Crippen molar-refractivity contribution in [3.8, 4) is 0 Å². The van der Waals surface area contributed by atoms with Gasteiger partial charge >= 0.3 is 0 Å². The fourth-order valence-electron chi connectivity index (χ4n) is 4.08. The number of rotatable bonds is 3. The molecular formula is C22H26N4O2. The first-order valence-electron chi connectivity index (χ1n) is 9.77. The predicted octanol–water partition coefficient (Wildman–Crippen LogP) is 4.31. The van der Waals surface area contributed by atoms with Crippen LogP contribution in [0.1, 0.15) is 35.3 Å². The van der Waals surface area contributed by atoms with E-state index in [9.17, 15) is 4.79 Å². The van der Waals surface area contributed by atoms with Gasteiger partial charge in [0, 0.05) is 24.3 Å². The van der Waals surface area contributed by atoms with Gasteiger partial charge in [-0.25, -0.2) is 9.97 Å². The number of hydrogen-bond donors (Lipinski definition) is 1. The number of carbonyl (C=O) groups is 1. The Labute approximate surface area is 165 Å². The normalized spacial score (nSPS) is 17.1. The second-order valence-electron chi connectivity index (χ2n) is 7.81. The Balaban J connectivity index is 1.56. The summed E-state index contributed by atoms with van der Waals surface area (Å²) in [6, 6.07) is 6.13. The Hall–Kier alpha value is -2.89. The van der Waals surface area contributed by atoms with Crippen molar-refractivity contribution in [1.29, 1.82) is 0 Å². The first kappa shape index (κ1) is 18.5. The number of fused-ring (bicyclic) bond motifs is 1. The van der Waals surface area contributed by atoms with Crippen molar-refractivity contribution in [3.05, 3.63) is 47.0 Å². The van der Waals surface area contributed by atoms with Crippen molar-refractivity contribution in [2.24, 2.45) is 5.92 Å². The van der Waals surface area contributed by atoms with Gasteiger partial charge in [0.2, 0.25) is 11.6 Å². The third kappa shape index (κ3) is 3.46. The molecule has 1 N–H and O–H groups in total. The van der Waals surface area contributed by atoms with E-state index in [4.69, 9.17) is 4.42 Å². The second kappa shape index (κ2) is 7.26. The van der Waals surface area contributed by atoms with E-state index in [0.29, 0.717) is 12.3 Å². The Kier molecular flexibility index (Phi) is 4.79. The van der Waals surface area contributed by atoms with Crippen molar-refractivity contribution in [3.63, 3.8) is 0 Å². The van der Waals surface area contributed by atoms with Crippen LogP contribution in [0.2, 0.25) is 0 Å². The Morgan fingerprint density at radius 1 is 1.14 bits per heavy atom. The zero-order valence-corrected chi connectivity index (χ0v) is 16.9. The van der Waals surface area contributed by atoms with Crippen LogP contribution in [-0.4, -0.2) is 29.0 Å². The molecule has 1 aromatic carbocycles. The van der Waals surface area contributed by atoms with Gasteiger partial charge in [-0.05, 0) is 63.8 Å². The van der Waals surface area contributed by atoms with Crippen LogP contribution < -0.4 is 10.2 Å². The van der Waals surface area contributed by atoms with Crippen LogP contribution in [0, 0.1) is 33.6 Å². The molecule has 1 atom stereocenters. The third-order valence-electron chi connectivity index (χ3n) is 5.53. The lowest BCUT2D eigenvalue weighted by Crippen LogP contribution is -2.41. The topological polar surface area (TPSA) is 71.3 Å². The molecule has 0 spiro atoms. The molecule has 1 amide bonds. The molecule has 3 aromatic rings. The van der Waals surface area contributed by atoms with Crippen LogP contribution in [-0.2, 0) is 4.79 Å². The minimum atomic E-state index is -0.0760. The zero-order chi connectivity index (χ0) is 19.8. The number of anilines is 2. The van der Waals surface area contributed by atoms with Gasteiger partial charge in [-0.3, -0.25) is 4.79 Å². The van der Waals surface area contributed by atoms with E-state index in [1.165, 1.54) is 0 Å². The van der Waals surface area contributed by atoms with Crippen LogP contribution >= 0.6 is 0 Å². The number of furan rings is 1. The quantitative estimate of drug-likeness (QED) is 0.735. The fourth-order valence-corrected chi connectivity index (χ4v) is 4.08. The van der Waals surface area contributed by atoms with Gasteiger partial charge in [-0.2, -0.15) is 0 Å². The van der Waals surface area contributed by atoms with E-state index in [2.05, 4.69) is 26.3 Å². The smallest absolute Gasteiger partial charge is 0.231 e. The number of hydrogen-bond acceptors (Lipinski definition) is 5. The molecule has 0 saturated carbocycles. The highest BCUT2D eigenvalue weighted by molar-refractivity contribution is 5.94. The molecule has 28 heavy (non-hydrogen) atoms. The van der Waals surface area contributed by atoms with Gasteiger partial charge in [0.15, 0.2) is 0 Å². The van der Waals surface area contributed by atoms with Gasteiger partial charge in [0.05, 0.1) is 11.3 Å². The molecule has 0 unspecified atom stereocenters. The minimum Gasteiger partial charge on any atom is -0.443 e. The maximum Gasteiger partial charge on any atom is 0.231 e. The molecule has 6 heteroatoms. The predicted molar refractivity (Wildman–Crippen MR) is 111 cm³/mol. The fraction of sp³-hybridized carbons (Fsp3) is 0.409. The number of aromatic nitrogens is 2. The van der Waals surface area contributed by atoms with Crippen LogP contribution in [0.5, 0.6) is 0 Å². The van der Waals surface area contributed by atoms with Crippen LogP contribution in [0.3, 0.4) is 0 Å². The van der Waals surface area contributed by atoms with Crippen LogP contribution in [0.15, 0.2) is 28.9 Å². The maximum absolute atomic E-state index is 12.9. The van der Waals surface area contributed by atoms with E-state index >= 15 is 0 Å². The molecule has 3 heterocycles. The third-order valence-corrected chi connectivity index (χ3v) is 5.53. The summed E-state index contributed by atoms with van der Waals surface area (Å²) in [4.78, 5) is 23.9. The highest BCUT2D eigenvalue weighted by Crippen LogP contribution is 2.32. The van der Waals surface area contributed by atoms with Crippen LogP contribution in [0.25, 0.3) is 11.1 Å². The summed E-state index contributed by atoms with van der Waals surface area (Å²) in [7, 11) is 0. The van der Waals surface area contributed by atoms with E-state index in [1.54, 1.807) is 6.33 Å². The summed E-state index contributed by atoms with van der Waals surface area (Å²) in [6.45, 7) is 9.58. The van der Waals surface area contributed by atoms with E-state index in [1.807, 2.05) is 39.8 Å². The summed E-state index contributed by atoms with van der Waals surface area (Å²) in [5.41, 5.74) is 4.84. The monoisotopic (exact) mass is 378 g/mol. The lowest BCUT2D eigenvalue weighted by molar-refractivity contribution is -0.120. The molecule has 146 valence electrons. The molecule has 1 saturated heterocycles. The largest absolute Gasteiger partial charge is 0.443 e. The molecule has 6 nitrogen and oxygen atoms in total. The van der Waals surface area contributed by atoms with Crippen molar-refractivity contribution < 1.29 is 9.21 Å². The zero-order valence-electron chi connectivity index (χ0n) is 16.9. The number of benzene rings is 1. The lowest BCUT2D eigenvalue weighted by Gasteiger charge is -2.33. The highest BCUT2D eigenvalue weighted by atomic mass is 16.3. The van der Waals surface area contributed by atoms with Gasteiger partial charge in [0.25, 0.3) is 0 Å². The number of aryl methyl sites for hydroxylation is 4. The second-order valence-corrected chi connectivity index (χ2v) is 7.81. The molecule has 1 aliphatic rings. The molecule has 1 fully saturated rings. The molecular weight excluding hydrogens is 352 g/mol. The summed E-state index contributed by atoms with van der Waals surface area (Å²) in [5.74, 6) is 1.72. The first-order valence-corrected chi connectivity index (χ1v) is 9.77. The van der Waals surface area contributed by atoms with E-state index < -0.39 is 0 Å². The first-order chi connectivity index (χ1) is 13.4. The standard InChI is InChI=1S/C22H26N4O2/c1-13-8-14(2)10-18(9-13)25-21(27)17-6-5-7-26(11-17)20-19-15(3)16(4)28-22(19)24-12-23-20/h8-10,12,17H,5-7,11H2,1-4H3,(H,25,27)/t17-/m0/s1. The average molecular weight is 378 g/mol. The molecule has 0 bridgehead atoms. The van der Waals surface area contributed by atoms with Crippen molar-refractivity contribution in [2.45, 2.75) is 40.5 Å². The summed E-state index contributed by atoms with van der Waals surface area (Å²) < 4.78 is 5.75. The van der Waals surface area contributed by atoms with Crippen LogP contribution in [0.4, 0.5) is 11.5 Å². The number of piperidine rings is 1. The number of amides is 1. The summed E-state index contributed by atoms with van der Waals surface area (Å²) in [6.07, 6.45) is 3.37. The summed E-state index contributed by atoms with van der Waals surface area (Å²) >= 11 is 0. The van der Waals surface area contributed by atoms with Crippen molar-refractivity contribution in [2.75, 3.05) is 23.3 Å². The van der Waals surface area contributed by atoms with Crippen molar-refractivity contribution >= 4 is 28.5 Å². The van der Waals surface area contributed by atoms with Gasteiger partial charge in [-0.1, -0.05) is 6.07 Å². The molecule has 2 aromatic heterocycles. The molecule has 0 aliphatic carbocycles. The highest BCUT2D eigenvalue weighted by Gasteiger charge is 2.28. The molecule has 4 rings (SSSR count). The Morgan fingerprint density at radius 2 is 1.89 bits per heavy atom. The number of nitrogens with zero attached hydrogens (tertiary/aromatic N) is 3. The van der Waals surface area contributed by atoms with Gasteiger partial charge in [0.1, 0.15) is 17.9 Å². The van der Waals surface area contributed by atoms with Crippen molar-refractivity contribution in [1.82, 2.24) is 9.97 Å². The molecule has 1 aliphatic heterocycles. The summed E-state index contributed by atoms with van der Waals surface area (Å²) in [5, 5.41) is 4.06. The van der Waals surface area contributed by atoms with E-state index in [-0.39, 0.29) is 11.8 Å². The number of nitrogens with one attached hydrogen (secondary N) is 1. The Morgan fingerprint density at radius 3 is 2.64 bits per heavy atom. The molecule has 0 radical (unpaired) electrons. The van der Waals surface area contributed by atoms with E-state index in [0.717, 1.165) is 58.7 Å². The maximum atomic E-state index is 12.9. The van der Waals surface area contributed by atoms with Gasteiger partial charge in [-0.15, -0.1) is 0 Å². The minimum absolute atomic E-state index is 0.0695. The Bertz CT molecular complexity index is 1020. The average Bonchev–Trinajstić information content (AvgIpc) is 2.95. The van der Waals surface area contributed by atoms with Gasteiger partial charge < -0.3 is 14.6 Å².